The standard InChI is InChI=1S/C20H20O14/c21-8-3-7(4-9(22)13(8)25)19(31)32-5-12-14(26)15(27)16(28)20(33-12)34-17-10(23)1-6(18(29)30)2-11(17)24/h1-4,12,14-16,20-28H,5H2,(H,29,30)/t12-,14-,15+,16-,20+/m1/s1. The minimum absolute atomic E-state index is 0.375. The number of benzene rings is 2. The van der Waals surface area contributed by atoms with Gasteiger partial charge in [0.25, 0.3) is 0 Å². The topological polar surface area (TPSA) is 244 Å². The number of aromatic carboxylic acids is 1. The zero-order valence-electron chi connectivity index (χ0n) is 17.0. The van der Waals surface area contributed by atoms with Crippen molar-refractivity contribution in [2.24, 2.45) is 0 Å². The molecule has 0 aromatic heterocycles. The van der Waals surface area contributed by atoms with E-state index in [1.165, 1.54) is 0 Å². The van der Waals surface area contributed by atoms with Gasteiger partial charge in [-0.05, 0) is 24.3 Å². The molecule has 1 fully saturated rings. The summed E-state index contributed by atoms with van der Waals surface area (Å²) in [6.45, 7) is -0.734. The third-order valence-electron chi connectivity index (χ3n) is 4.88. The lowest BCUT2D eigenvalue weighted by Gasteiger charge is -2.39. The molecule has 0 saturated carbocycles. The number of aromatic hydroxyl groups is 5. The number of carbonyl (C=O) groups is 2. The molecule has 0 bridgehead atoms. The van der Waals surface area contributed by atoms with Gasteiger partial charge in [-0.1, -0.05) is 0 Å². The Balaban J connectivity index is 1.74. The highest BCUT2D eigenvalue weighted by Crippen LogP contribution is 2.39. The van der Waals surface area contributed by atoms with E-state index in [-0.39, 0.29) is 5.56 Å². The Bertz CT molecular complexity index is 1050. The van der Waals surface area contributed by atoms with E-state index in [9.17, 15) is 50.4 Å². The van der Waals surface area contributed by atoms with Gasteiger partial charge in [0.2, 0.25) is 12.0 Å². The van der Waals surface area contributed by atoms with Crippen LogP contribution in [0.4, 0.5) is 0 Å². The molecule has 1 aliphatic rings. The van der Waals surface area contributed by atoms with Crippen molar-refractivity contribution in [2.45, 2.75) is 30.7 Å². The maximum atomic E-state index is 12.2. The van der Waals surface area contributed by atoms with Gasteiger partial charge in [0.15, 0.2) is 28.7 Å². The van der Waals surface area contributed by atoms with E-state index in [4.69, 9.17) is 19.3 Å². The van der Waals surface area contributed by atoms with Crippen LogP contribution in [0.15, 0.2) is 24.3 Å². The second-order valence-electron chi connectivity index (χ2n) is 7.24. The van der Waals surface area contributed by atoms with Gasteiger partial charge in [0.1, 0.15) is 31.0 Å². The molecule has 1 heterocycles. The van der Waals surface area contributed by atoms with Gasteiger partial charge >= 0.3 is 11.9 Å². The number of phenolic OH excluding ortho intramolecular Hbond substituents is 5. The number of carbonyl (C=O) groups excluding carboxylic acids is 1. The molecule has 5 atom stereocenters. The predicted octanol–water partition coefficient (Wildman–Crippen LogP) is -1.04. The normalized spacial score (nSPS) is 24.4. The number of ether oxygens (including phenoxy) is 3. The number of carboxylic acid groups (broad SMARTS) is 1. The van der Waals surface area contributed by atoms with Crippen LogP contribution in [0.2, 0.25) is 0 Å². The first-order chi connectivity index (χ1) is 15.9. The molecule has 34 heavy (non-hydrogen) atoms. The van der Waals surface area contributed by atoms with Crippen LogP contribution < -0.4 is 4.74 Å². The van der Waals surface area contributed by atoms with Gasteiger partial charge in [0.05, 0.1) is 11.1 Å². The summed E-state index contributed by atoms with van der Waals surface area (Å²) < 4.78 is 15.4. The molecular formula is C20H20O14. The highest BCUT2D eigenvalue weighted by molar-refractivity contribution is 5.91. The number of esters is 1. The van der Waals surface area contributed by atoms with Crippen LogP contribution in [-0.2, 0) is 9.47 Å². The fourth-order valence-electron chi connectivity index (χ4n) is 3.07. The maximum absolute atomic E-state index is 12.2. The number of aliphatic hydroxyl groups excluding tert-OH is 3. The Labute approximate surface area is 189 Å². The van der Waals surface area contributed by atoms with Crippen molar-refractivity contribution in [3.8, 4) is 34.5 Å². The minimum Gasteiger partial charge on any atom is -0.504 e. The first-order valence-corrected chi connectivity index (χ1v) is 9.48. The Morgan fingerprint density at radius 1 is 0.794 bits per heavy atom. The average Bonchev–Trinajstić information content (AvgIpc) is 2.78. The van der Waals surface area contributed by atoms with Gasteiger partial charge in [0, 0.05) is 0 Å². The molecule has 0 aliphatic carbocycles. The van der Waals surface area contributed by atoms with E-state index >= 15 is 0 Å². The van der Waals surface area contributed by atoms with Crippen molar-refractivity contribution in [3.63, 3.8) is 0 Å². The Morgan fingerprint density at radius 3 is 1.85 bits per heavy atom. The number of aliphatic hydroxyl groups is 3. The molecule has 9 N–H and O–H groups in total. The van der Waals surface area contributed by atoms with Gasteiger partial charge in [-0.25, -0.2) is 9.59 Å². The van der Waals surface area contributed by atoms with E-state index in [0.29, 0.717) is 0 Å². The molecule has 1 aliphatic heterocycles. The van der Waals surface area contributed by atoms with Crippen LogP contribution in [0, 0.1) is 0 Å². The highest BCUT2D eigenvalue weighted by atomic mass is 16.7. The summed E-state index contributed by atoms with van der Waals surface area (Å²) >= 11 is 0. The monoisotopic (exact) mass is 484 g/mol. The molecule has 0 radical (unpaired) electrons. The second-order valence-corrected chi connectivity index (χ2v) is 7.24. The Morgan fingerprint density at radius 2 is 1.32 bits per heavy atom. The maximum Gasteiger partial charge on any atom is 0.338 e. The molecule has 0 amide bonds. The molecular weight excluding hydrogens is 464 g/mol. The molecule has 2 aromatic rings. The predicted molar refractivity (Wildman–Crippen MR) is 106 cm³/mol. The van der Waals surface area contributed by atoms with Crippen molar-refractivity contribution >= 4 is 11.9 Å². The molecule has 0 unspecified atom stereocenters. The summed E-state index contributed by atoms with van der Waals surface area (Å²) in [5.41, 5.74) is -0.848. The molecule has 14 nitrogen and oxygen atoms in total. The fourth-order valence-corrected chi connectivity index (χ4v) is 3.07. The quantitative estimate of drug-likeness (QED) is 0.176. The second kappa shape index (κ2) is 9.48. The number of phenols is 5. The molecule has 2 aromatic carbocycles. The summed E-state index contributed by atoms with van der Waals surface area (Å²) in [4.78, 5) is 23.2. The van der Waals surface area contributed by atoms with E-state index in [1.807, 2.05) is 0 Å². The number of rotatable bonds is 6. The minimum atomic E-state index is -1.91. The van der Waals surface area contributed by atoms with Crippen molar-refractivity contribution in [1.29, 1.82) is 0 Å². The van der Waals surface area contributed by atoms with Crippen LogP contribution >= 0.6 is 0 Å². The average molecular weight is 484 g/mol. The number of carboxylic acids is 1. The van der Waals surface area contributed by atoms with Gasteiger partial charge in [-0.15, -0.1) is 0 Å². The first-order valence-electron chi connectivity index (χ1n) is 9.48. The highest BCUT2D eigenvalue weighted by Gasteiger charge is 2.46. The largest absolute Gasteiger partial charge is 0.504 e. The lowest BCUT2D eigenvalue weighted by Crippen LogP contribution is -2.60. The van der Waals surface area contributed by atoms with Crippen molar-refractivity contribution in [1.82, 2.24) is 0 Å². The number of hydrogen-bond donors (Lipinski definition) is 9. The van der Waals surface area contributed by atoms with Gasteiger partial charge in [-0.3, -0.25) is 0 Å². The van der Waals surface area contributed by atoms with Crippen LogP contribution in [0.5, 0.6) is 34.5 Å². The summed E-state index contributed by atoms with van der Waals surface area (Å²) in [5, 5.41) is 87.6. The third-order valence-corrected chi connectivity index (χ3v) is 4.88. The summed E-state index contributed by atoms with van der Waals surface area (Å²) in [6, 6.07) is 3.10. The van der Waals surface area contributed by atoms with E-state index in [1.54, 1.807) is 0 Å². The van der Waals surface area contributed by atoms with E-state index in [2.05, 4.69) is 0 Å². The van der Waals surface area contributed by atoms with Crippen LogP contribution in [0.1, 0.15) is 20.7 Å². The Kier molecular flexibility index (Phi) is 6.88. The van der Waals surface area contributed by atoms with Crippen LogP contribution in [0.3, 0.4) is 0 Å². The van der Waals surface area contributed by atoms with Crippen molar-refractivity contribution in [3.05, 3.63) is 35.4 Å². The zero-order valence-corrected chi connectivity index (χ0v) is 17.0. The molecule has 184 valence electrons. The van der Waals surface area contributed by atoms with Crippen LogP contribution in [0.25, 0.3) is 0 Å². The fraction of sp³-hybridized carbons (Fsp3) is 0.300. The van der Waals surface area contributed by atoms with E-state index < -0.39 is 89.3 Å². The lowest BCUT2D eigenvalue weighted by atomic mass is 9.99. The smallest absolute Gasteiger partial charge is 0.338 e. The first kappa shape index (κ1) is 24.7. The van der Waals surface area contributed by atoms with Crippen molar-refractivity contribution in [2.75, 3.05) is 6.61 Å². The molecule has 1 saturated heterocycles. The van der Waals surface area contributed by atoms with E-state index in [0.717, 1.165) is 24.3 Å². The number of hydrogen-bond acceptors (Lipinski definition) is 13. The SMILES string of the molecule is O=C(O)c1cc(O)c(O[C@@H]2O[C@H](COC(=O)c3cc(O)c(O)c(O)c3)[C@@H](O)[C@H](O)[C@H]2O)c(O)c1. The van der Waals surface area contributed by atoms with Crippen LogP contribution in [-0.4, -0.2) is 95.2 Å². The zero-order chi connectivity index (χ0) is 25.3. The molecule has 0 spiro atoms. The summed E-state index contributed by atoms with van der Waals surface area (Å²) in [5.74, 6) is -7.40. The summed E-state index contributed by atoms with van der Waals surface area (Å²) in [6.07, 6.45) is -8.93. The van der Waals surface area contributed by atoms with Gasteiger partial charge < -0.3 is 60.2 Å². The lowest BCUT2D eigenvalue weighted by molar-refractivity contribution is -0.277. The molecule has 14 heteroatoms. The van der Waals surface area contributed by atoms with Gasteiger partial charge in [-0.2, -0.15) is 0 Å². The molecule has 3 rings (SSSR count). The van der Waals surface area contributed by atoms with Crippen molar-refractivity contribution < 1.29 is 69.8 Å². The summed E-state index contributed by atoms with van der Waals surface area (Å²) in [7, 11) is 0. The Hall–Kier alpha value is -3.98. The third kappa shape index (κ3) is 4.84.